The summed E-state index contributed by atoms with van der Waals surface area (Å²) >= 11 is 2.69. The van der Waals surface area contributed by atoms with Gasteiger partial charge in [0, 0.05) is 21.4 Å². The lowest BCUT2D eigenvalue weighted by Gasteiger charge is -1.99. The number of thiazole rings is 2. The largest absolute Gasteiger partial charge is 0.478 e. The predicted octanol–water partition coefficient (Wildman–Crippen LogP) is 6.14. The smallest absolute Gasteiger partial charge is 0.335 e. The second-order valence-electron chi connectivity index (χ2n) is 7.58. The van der Waals surface area contributed by atoms with E-state index in [1.807, 2.05) is 49.6 Å². The van der Waals surface area contributed by atoms with Gasteiger partial charge in [0.1, 0.15) is 0 Å². The first-order valence-corrected chi connectivity index (χ1v) is 12.2. The van der Waals surface area contributed by atoms with Gasteiger partial charge in [-0.15, -0.1) is 21.6 Å². The monoisotopic (exact) mass is 502 g/mol. The minimum Gasteiger partial charge on any atom is -0.478 e. The summed E-state index contributed by atoms with van der Waals surface area (Å²) in [6, 6.07) is 15.8. The molecule has 5 rings (SSSR count). The van der Waals surface area contributed by atoms with Gasteiger partial charge in [-0.3, -0.25) is 9.89 Å². The van der Waals surface area contributed by atoms with Crippen LogP contribution in [0.4, 0.5) is 10.8 Å². The number of aryl methyl sites for hydroxylation is 2. The Morgan fingerprint density at radius 3 is 2.40 bits per heavy atom. The van der Waals surface area contributed by atoms with Crippen molar-refractivity contribution >= 4 is 39.5 Å². The van der Waals surface area contributed by atoms with Crippen molar-refractivity contribution in [2.24, 2.45) is 10.2 Å². The Morgan fingerprint density at radius 2 is 1.74 bits per heavy atom. The summed E-state index contributed by atoms with van der Waals surface area (Å²) in [5, 5.41) is 23.4. The molecule has 0 saturated heterocycles. The van der Waals surface area contributed by atoms with Gasteiger partial charge < -0.3 is 5.11 Å². The molecule has 2 aromatic carbocycles. The van der Waals surface area contributed by atoms with Crippen LogP contribution in [0.2, 0.25) is 0 Å². The third-order valence-corrected chi connectivity index (χ3v) is 7.08. The van der Waals surface area contributed by atoms with Crippen LogP contribution in [0.5, 0.6) is 0 Å². The Balaban J connectivity index is 1.56. The molecule has 5 aromatic rings. The van der Waals surface area contributed by atoms with Gasteiger partial charge >= 0.3 is 11.5 Å². The van der Waals surface area contributed by atoms with Crippen molar-refractivity contribution in [1.82, 2.24) is 19.7 Å². The van der Waals surface area contributed by atoms with Crippen molar-refractivity contribution in [2.75, 3.05) is 0 Å². The summed E-state index contributed by atoms with van der Waals surface area (Å²) in [5.41, 5.74) is 3.51. The highest BCUT2D eigenvalue weighted by Gasteiger charge is 2.19. The van der Waals surface area contributed by atoms with E-state index in [1.54, 1.807) is 12.1 Å². The number of carboxylic acid groups (broad SMARTS) is 1. The first-order valence-electron chi connectivity index (χ1n) is 10.5. The highest BCUT2D eigenvalue weighted by molar-refractivity contribution is 7.15. The average molecular weight is 503 g/mol. The van der Waals surface area contributed by atoms with Crippen molar-refractivity contribution in [3.05, 3.63) is 86.5 Å². The van der Waals surface area contributed by atoms with Crippen LogP contribution in [0, 0.1) is 13.8 Å². The summed E-state index contributed by atoms with van der Waals surface area (Å²) in [4.78, 5) is 34.5. The molecule has 0 aliphatic carbocycles. The molecule has 0 aliphatic rings. The molecule has 9 nitrogen and oxygen atoms in total. The molecule has 0 fully saturated rings. The van der Waals surface area contributed by atoms with Gasteiger partial charge in [-0.05, 0) is 26.0 Å². The zero-order valence-corrected chi connectivity index (χ0v) is 20.2. The maximum Gasteiger partial charge on any atom is 0.335 e. The van der Waals surface area contributed by atoms with Crippen molar-refractivity contribution in [2.45, 2.75) is 13.8 Å². The number of carboxylic acids is 1. The van der Waals surface area contributed by atoms with Crippen LogP contribution in [-0.4, -0.2) is 30.8 Å². The molecular formula is C24H18N6O3S2. The van der Waals surface area contributed by atoms with Crippen LogP contribution in [0.3, 0.4) is 0 Å². The highest BCUT2D eigenvalue weighted by atomic mass is 32.1. The fraction of sp³-hybridized carbons (Fsp3) is 0.0833. The molecule has 0 aliphatic heterocycles. The van der Waals surface area contributed by atoms with Crippen LogP contribution in [0.25, 0.3) is 27.6 Å². The minimum absolute atomic E-state index is 0.157. The molecule has 0 atom stereocenters. The van der Waals surface area contributed by atoms with Crippen molar-refractivity contribution in [3.63, 3.8) is 0 Å². The zero-order chi connectivity index (χ0) is 24.5. The van der Waals surface area contributed by atoms with Gasteiger partial charge in [0.2, 0.25) is 10.3 Å². The summed E-state index contributed by atoms with van der Waals surface area (Å²) < 4.78 is 1.34. The number of benzene rings is 2. The van der Waals surface area contributed by atoms with Crippen LogP contribution in [-0.2, 0) is 0 Å². The topological polar surface area (TPSA) is 126 Å². The summed E-state index contributed by atoms with van der Waals surface area (Å²) in [6.45, 7) is 3.86. The number of aromatic carboxylic acids is 1. The van der Waals surface area contributed by atoms with Gasteiger partial charge in [-0.25, -0.2) is 14.8 Å². The second-order valence-corrected chi connectivity index (χ2v) is 9.60. The predicted molar refractivity (Wildman–Crippen MR) is 136 cm³/mol. The van der Waals surface area contributed by atoms with Gasteiger partial charge in [-0.2, -0.15) is 4.68 Å². The lowest BCUT2D eigenvalue weighted by molar-refractivity contribution is 0.0697. The number of aromatic amines is 1. The number of carbonyl (C=O) groups is 1. The molecule has 35 heavy (non-hydrogen) atoms. The lowest BCUT2D eigenvalue weighted by atomic mass is 10.1. The fourth-order valence-electron chi connectivity index (χ4n) is 3.34. The molecular weight excluding hydrogens is 484 g/mol. The van der Waals surface area contributed by atoms with Gasteiger partial charge in [0.25, 0.3) is 0 Å². The van der Waals surface area contributed by atoms with E-state index in [2.05, 4.69) is 25.3 Å². The standard InChI is InChI=1S/C24H18N6O3S2/c1-13-14(2)35-23(25-13)28-27-20-19(16-6-4-3-5-7-16)29-30(21(20)31)24-26-18(12-34-24)15-8-10-17(11-9-15)22(32)33/h3-12,29H,1-2H3,(H,32,33). The Morgan fingerprint density at radius 1 is 1.00 bits per heavy atom. The number of H-pyrrole nitrogens is 1. The molecule has 3 aromatic heterocycles. The van der Waals surface area contributed by atoms with E-state index in [1.165, 1.54) is 39.5 Å². The number of nitrogens with one attached hydrogen (secondary N) is 1. The lowest BCUT2D eigenvalue weighted by Crippen LogP contribution is -2.13. The van der Waals surface area contributed by atoms with Crippen molar-refractivity contribution in [1.29, 1.82) is 0 Å². The van der Waals surface area contributed by atoms with Gasteiger partial charge in [0.15, 0.2) is 5.69 Å². The minimum atomic E-state index is -0.994. The first kappa shape index (κ1) is 22.6. The zero-order valence-electron chi connectivity index (χ0n) is 18.6. The number of rotatable bonds is 6. The highest BCUT2D eigenvalue weighted by Crippen LogP contribution is 2.31. The maximum absolute atomic E-state index is 13.4. The van der Waals surface area contributed by atoms with Crippen LogP contribution < -0.4 is 5.56 Å². The van der Waals surface area contributed by atoms with E-state index in [-0.39, 0.29) is 16.8 Å². The van der Waals surface area contributed by atoms with E-state index >= 15 is 0 Å². The van der Waals surface area contributed by atoms with E-state index in [9.17, 15) is 9.59 Å². The molecule has 0 unspecified atom stereocenters. The van der Waals surface area contributed by atoms with E-state index in [0.29, 0.717) is 21.7 Å². The van der Waals surface area contributed by atoms with Crippen molar-refractivity contribution < 1.29 is 9.90 Å². The normalized spacial score (nSPS) is 11.4. The van der Waals surface area contributed by atoms with Crippen LogP contribution >= 0.6 is 22.7 Å². The fourth-order valence-corrected chi connectivity index (χ4v) is 4.86. The number of azo groups is 1. The Kier molecular flexibility index (Phi) is 5.93. The SMILES string of the molecule is Cc1nc(N=Nc2c(-c3ccccc3)[nH]n(-c3nc(-c4ccc(C(=O)O)cc4)cs3)c2=O)sc1C. The maximum atomic E-state index is 13.4. The van der Waals surface area contributed by atoms with Gasteiger partial charge in [-0.1, -0.05) is 53.8 Å². The molecule has 174 valence electrons. The number of aromatic nitrogens is 4. The number of nitrogens with zero attached hydrogens (tertiary/aromatic N) is 5. The Hall–Kier alpha value is -4.22. The molecule has 0 radical (unpaired) electrons. The van der Waals surface area contributed by atoms with Crippen molar-refractivity contribution in [3.8, 4) is 27.6 Å². The Bertz CT molecular complexity index is 1590. The molecule has 11 heteroatoms. The number of hydrogen-bond acceptors (Lipinski definition) is 8. The van der Waals surface area contributed by atoms with Crippen LogP contribution in [0.1, 0.15) is 20.9 Å². The van der Waals surface area contributed by atoms with Crippen LogP contribution in [0.15, 0.2) is 75.0 Å². The molecule has 0 saturated carbocycles. The molecule has 0 bridgehead atoms. The Labute approximate surface area is 207 Å². The second kappa shape index (κ2) is 9.20. The molecule has 2 N–H and O–H groups in total. The third kappa shape index (κ3) is 4.46. The quantitative estimate of drug-likeness (QED) is 0.270. The molecule has 0 spiro atoms. The summed E-state index contributed by atoms with van der Waals surface area (Å²) in [7, 11) is 0. The number of hydrogen-bond donors (Lipinski definition) is 2. The third-order valence-electron chi connectivity index (χ3n) is 5.29. The average Bonchev–Trinajstić information content (AvgIpc) is 3.56. The van der Waals surface area contributed by atoms with E-state index in [0.717, 1.165) is 21.7 Å². The molecule has 0 amide bonds. The van der Waals surface area contributed by atoms with E-state index < -0.39 is 5.97 Å². The summed E-state index contributed by atoms with van der Waals surface area (Å²) in [5.74, 6) is -0.994. The summed E-state index contributed by atoms with van der Waals surface area (Å²) in [6.07, 6.45) is 0. The molecule has 3 heterocycles. The first-order chi connectivity index (χ1) is 16.9. The van der Waals surface area contributed by atoms with Gasteiger partial charge in [0.05, 0.1) is 22.6 Å². The van der Waals surface area contributed by atoms with E-state index in [4.69, 9.17) is 5.11 Å².